The summed E-state index contributed by atoms with van der Waals surface area (Å²) < 4.78 is 13.7. The lowest BCUT2D eigenvalue weighted by atomic mass is 10.1. The molecule has 20 heavy (non-hydrogen) atoms. The highest BCUT2D eigenvalue weighted by atomic mass is 19.1. The monoisotopic (exact) mass is 275 g/mol. The fourth-order valence-electron chi connectivity index (χ4n) is 1.79. The number of aromatic carboxylic acids is 1. The van der Waals surface area contributed by atoms with E-state index in [-0.39, 0.29) is 16.9 Å². The first-order valence-electron chi connectivity index (χ1n) is 5.96. The maximum Gasteiger partial charge on any atom is 0.337 e. The quantitative estimate of drug-likeness (QED) is 0.746. The Hall–Kier alpha value is -2.63. The average molecular weight is 275 g/mol. The van der Waals surface area contributed by atoms with Crippen LogP contribution in [0.25, 0.3) is 0 Å². The first-order chi connectivity index (χ1) is 9.47. The van der Waals surface area contributed by atoms with Gasteiger partial charge < -0.3 is 16.2 Å². The molecule has 0 radical (unpaired) electrons. The third-order valence-electron chi connectivity index (χ3n) is 2.78. The molecule has 0 aliphatic rings. The number of nitrogens with two attached hydrogens (primary N) is 1. The molecule has 1 aromatic carbocycles. The zero-order valence-electron chi connectivity index (χ0n) is 10.9. The molecule has 0 saturated carbocycles. The molecule has 0 aliphatic heterocycles. The first-order valence-corrected chi connectivity index (χ1v) is 5.96. The highest BCUT2D eigenvalue weighted by molar-refractivity contribution is 5.94. The summed E-state index contributed by atoms with van der Waals surface area (Å²) in [4.78, 5) is 15.2. The Morgan fingerprint density at radius 3 is 2.85 bits per heavy atom. The van der Waals surface area contributed by atoms with Gasteiger partial charge in [0.15, 0.2) is 0 Å². The number of aryl methyl sites for hydroxylation is 1. The summed E-state index contributed by atoms with van der Waals surface area (Å²) in [6.45, 7) is 2.15. The van der Waals surface area contributed by atoms with Gasteiger partial charge in [0, 0.05) is 11.4 Å². The number of benzene rings is 1. The van der Waals surface area contributed by atoms with Gasteiger partial charge in [0.25, 0.3) is 0 Å². The molecule has 104 valence electrons. The summed E-state index contributed by atoms with van der Waals surface area (Å²) in [5, 5.41) is 11.8. The third-order valence-corrected chi connectivity index (χ3v) is 2.78. The van der Waals surface area contributed by atoms with Crippen LogP contribution in [0.1, 0.15) is 21.7 Å². The van der Waals surface area contributed by atoms with E-state index in [0.29, 0.717) is 6.54 Å². The Kier molecular flexibility index (Phi) is 3.84. The van der Waals surface area contributed by atoms with E-state index in [4.69, 9.17) is 10.8 Å². The van der Waals surface area contributed by atoms with Crippen molar-refractivity contribution in [2.75, 3.05) is 11.1 Å². The SMILES string of the molecule is Cc1cccc(CNc2cc(C(=O)O)c(N)cc2F)n1. The van der Waals surface area contributed by atoms with Crippen molar-refractivity contribution in [3.05, 3.63) is 53.1 Å². The Morgan fingerprint density at radius 2 is 2.20 bits per heavy atom. The summed E-state index contributed by atoms with van der Waals surface area (Å²) >= 11 is 0. The third kappa shape index (κ3) is 3.03. The second-order valence-electron chi connectivity index (χ2n) is 4.35. The number of halogens is 1. The van der Waals surface area contributed by atoms with Crippen molar-refractivity contribution in [2.24, 2.45) is 0 Å². The van der Waals surface area contributed by atoms with Gasteiger partial charge in [0.1, 0.15) is 5.82 Å². The molecule has 0 aliphatic carbocycles. The highest BCUT2D eigenvalue weighted by Gasteiger charge is 2.13. The van der Waals surface area contributed by atoms with Crippen LogP contribution in [-0.2, 0) is 6.54 Å². The summed E-state index contributed by atoms with van der Waals surface area (Å²) in [7, 11) is 0. The summed E-state index contributed by atoms with van der Waals surface area (Å²) in [6.07, 6.45) is 0. The number of carboxylic acid groups (broad SMARTS) is 1. The standard InChI is InChI=1S/C14H14FN3O2/c1-8-3-2-4-9(18-8)7-17-13-5-10(14(19)20)12(16)6-11(13)15/h2-6,17H,7,16H2,1H3,(H,19,20). The Balaban J connectivity index is 2.21. The smallest absolute Gasteiger partial charge is 0.337 e. The van der Waals surface area contributed by atoms with Crippen LogP contribution in [0.4, 0.5) is 15.8 Å². The van der Waals surface area contributed by atoms with Crippen molar-refractivity contribution in [3.63, 3.8) is 0 Å². The topological polar surface area (TPSA) is 88.2 Å². The Bertz CT molecular complexity index is 659. The maximum atomic E-state index is 13.7. The Morgan fingerprint density at radius 1 is 1.45 bits per heavy atom. The number of aromatic nitrogens is 1. The van der Waals surface area contributed by atoms with Crippen LogP contribution in [0, 0.1) is 12.7 Å². The molecule has 0 spiro atoms. The zero-order valence-corrected chi connectivity index (χ0v) is 10.9. The second kappa shape index (κ2) is 5.56. The number of carboxylic acids is 1. The molecule has 2 rings (SSSR count). The lowest BCUT2D eigenvalue weighted by Crippen LogP contribution is -2.08. The van der Waals surface area contributed by atoms with Crippen LogP contribution < -0.4 is 11.1 Å². The van der Waals surface area contributed by atoms with E-state index >= 15 is 0 Å². The number of nitrogens with zero attached hydrogens (tertiary/aromatic N) is 1. The van der Waals surface area contributed by atoms with Crippen molar-refractivity contribution >= 4 is 17.3 Å². The van der Waals surface area contributed by atoms with Crippen LogP contribution >= 0.6 is 0 Å². The van der Waals surface area contributed by atoms with E-state index in [2.05, 4.69) is 10.3 Å². The first kappa shape index (κ1) is 13.8. The van der Waals surface area contributed by atoms with Crippen molar-refractivity contribution < 1.29 is 14.3 Å². The average Bonchev–Trinajstić information content (AvgIpc) is 2.37. The minimum absolute atomic E-state index is 0.0832. The predicted octanol–water partition coefficient (Wildman–Crippen LogP) is 2.42. The number of carbonyl (C=O) groups is 1. The van der Waals surface area contributed by atoms with Crippen molar-refractivity contribution in [1.82, 2.24) is 4.98 Å². The summed E-state index contributed by atoms with van der Waals surface area (Å²) in [5.74, 6) is -1.79. The van der Waals surface area contributed by atoms with E-state index in [1.54, 1.807) is 6.07 Å². The molecule has 0 amide bonds. The molecule has 1 aromatic heterocycles. The van der Waals surface area contributed by atoms with Gasteiger partial charge in [0.05, 0.1) is 23.5 Å². The van der Waals surface area contributed by atoms with Crippen molar-refractivity contribution in [3.8, 4) is 0 Å². The number of hydrogen-bond acceptors (Lipinski definition) is 4. The molecule has 6 heteroatoms. The van der Waals surface area contributed by atoms with Crippen molar-refractivity contribution in [1.29, 1.82) is 0 Å². The van der Waals surface area contributed by atoms with Crippen molar-refractivity contribution in [2.45, 2.75) is 13.5 Å². The van der Waals surface area contributed by atoms with E-state index in [9.17, 15) is 9.18 Å². The molecule has 5 nitrogen and oxygen atoms in total. The molecule has 0 saturated heterocycles. The lowest BCUT2D eigenvalue weighted by Gasteiger charge is -2.10. The van der Waals surface area contributed by atoms with E-state index in [1.165, 1.54) is 6.07 Å². The number of rotatable bonds is 4. The van der Waals surface area contributed by atoms with Crippen LogP contribution in [0.15, 0.2) is 30.3 Å². The summed E-state index contributed by atoms with van der Waals surface area (Å²) in [6, 6.07) is 7.68. The molecule has 0 atom stereocenters. The lowest BCUT2D eigenvalue weighted by molar-refractivity contribution is 0.0698. The maximum absolute atomic E-state index is 13.7. The van der Waals surface area contributed by atoms with E-state index in [1.807, 2.05) is 19.1 Å². The van der Waals surface area contributed by atoms with Gasteiger partial charge in [-0.1, -0.05) is 6.07 Å². The molecule has 1 heterocycles. The van der Waals surface area contributed by atoms with E-state index < -0.39 is 11.8 Å². The van der Waals surface area contributed by atoms with Gasteiger partial charge in [0.2, 0.25) is 0 Å². The largest absolute Gasteiger partial charge is 0.478 e. The Labute approximate surface area is 115 Å². The van der Waals surface area contributed by atoms with Crippen LogP contribution in [0.5, 0.6) is 0 Å². The van der Waals surface area contributed by atoms with Gasteiger partial charge in [-0.15, -0.1) is 0 Å². The number of anilines is 2. The van der Waals surface area contributed by atoms with Gasteiger partial charge in [-0.25, -0.2) is 9.18 Å². The molecule has 0 fully saturated rings. The number of hydrogen-bond donors (Lipinski definition) is 3. The zero-order chi connectivity index (χ0) is 14.7. The molecular formula is C14H14FN3O2. The summed E-state index contributed by atoms with van der Waals surface area (Å²) in [5.41, 5.74) is 6.89. The number of pyridine rings is 1. The number of nitrogen functional groups attached to an aromatic ring is 1. The fraction of sp³-hybridized carbons (Fsp3) is 0.143. The van der Waals surface area contributed by atoms with Gasteiger partial charge in [-0.05, 0) is 31.2 Å². The molecule has 2 aromatic rings. The second-order valence-corrected chi connectivity index (χ2v) is 4.35. The predicted molar refractivity (Wildman–Crippen MR) is 74.1 cm³/mol. The molecular weight excluding hydrogens is 261 g/mol. The van der Waals surface area contributed by atoms with Crippen LogP contribution in [-0.4, -0.2) is 16.1 Å². The minimum atomic E-state index is -1.20. The minimum Gasteiger partial charge on any atom is -0.478 e. The molecule has 0 bridgehead atoms. The molecule has 0 unspecified atom stereocenters. The van der Waals surface area contributed by atoms with Crippen LogP contribution in [0.3, 0.4) is 0 Å². The van der Waals surface area contributed by atoms with Gasteiger partial charge in [-0.3, -0.25) is 4.98 Å². The van der Waals surface area contributed by atoms with Gasteiger partial charge >= 0.3 is 5.97 Å². The molecule has 4 N–H and O–H groups in total. The van der Waals surface area contributed by atoms with Crippen LogP contribution in [0.2, 0.25) is 0 Å². The normalized spacial score (nSPS) is 10.3. The highest BCUT2D eigenvalue weighted by Crippen LogP contribution is 2.22. The number of nitrogens with one attached hydrogen (secondary N) is 1. The van der Waals surface area contributed by atoms with Gasteiger partial charge in [-0.2, -0.15) is 0 Å². The van der Waals surface area contributed by atoms with E-state index in [0.717, 1.165) is 17.5 Å². The fourth-order valence-corrected chi connectivity index (χ4v) is 1.79.